The Hall–Kier alpha value is -3.72. The summed E-state index contributed by atoms with van der Waals surface area (Å²) in [7, 11) is 0. The molecule has 13 nitrogen and oxygen atoms in total. The third-order valence-electron chi connectivity index (χ3n) is 9.45. The molecule has 2 N–H and O–H groups in total. The zero-order valence-corrected chi connectivity index (χ0v) is 28.4. The molecule has 1 atom stereocenters. The lowest BCUT2D eigenvalue weighted by Gasteiger charge is -2.35. The summed E-state index contributed by atoms with van der Waals surface area (Å²) in [4.78, 5) is 45.6. The quantitative estimate of drug-likeness (QED) is 0.256. The van der Waals surface area contributed by atoms with Crippen LogP contribution in [-0.2, 0) is 29.1 Å². The molecule has 14 heteroatoms. The molecule has 0 bridgehead atoms. The number of benzene rings is 1. The van der Waals surface area contributed by atoms with Crippen LogP contribution in [0.5, 0.6) is 5.75 Å². The van der Waals surface area contributed by atoms with Crippen molar-refractivity contribution in [3.63, 3.8) is 0 Å². The number of piperazine rings is 1. The second-order valence-corrected chi connectivity index (χ2v) is 13.1. The lowest BCUT2D eigenvalue weighted by Crippen LogP contribution is -2.50. The first-order valence-corrected chi connectivity index (χ1v) is 16.7. The number of nitrogens with zero attached hydrogens (tertiary/aromatic N) is 6. The number of aromatic nitrogens is 3. The van der Waals surface area contributed by atoms with Gasteiger partial charge in [-0.3, -0.25) is 14.5 Å². The van der Waals surface area contributed by atoms with Gasteiger partial charge in [-0.05, 0) is 55.9 Å². The molecule has 48 heavy (non-hydrogen) atoms. The van der Waals surface area contributed by atoms with E-state index in [1.54, 1.807) is 6.07 Å². The highest BCUT2D eigenvalue weighted by molar-refractivity contribution is 7.59. The summed E-state index contributed by atoms with van der Waals surface area (Å²) in [6.07, 6.45) is 4.16. The van der Waals surface area contributed by atoms with E-state index < -0.39 is 6.10 Å². The molecule has 0 unspecified atom stereocenters. The average Bonchev–Trinajstić information content (AvgIpc) is 3.84. The summed E-state index contributed by atoms with van der Waals surface area (Å²) in [5, 5.41) is 14.3. The molecule has 1 amide bonds. The maximum absolute atomic E-state index is 13.4. The van der Waals surface area contributed by atoms with Gasteiger partial charge in [0.2, 0.25) is 11.9 Å². The number of amides is 1. The van der Waals surface area contributed by atoms with Gasteiger partial charge in [0.1, 0.15) is 23.9 Å². The molecular weight excluding hydrogens is 634 g/mol. The van der Waals surface area contributed by atoms with Crippen LogP contribution in [0.2, 0.25) is 0 Å². The van der Waals surface area contributed by atoms with Crippen molar-refractivity contribution < 1.29 is 28.6 Å². The predicted octanol–water partition coefficient (Wildman–Crippen LogP) is 2.72. The van der Waals surface area contributed by atoms with Gasteiger partial charge in [-0.25, -0.2) is 9.97 Å². The number of hydrogen-bond acceptors (Lipinski definition) is 12. The molecule has 1 aliphatic carbocycles. The summed E-state index contributed by atoms with van der Waals surface area (Å²) >= 11 is 0. The van der Waals surface area contributed by atoms with E-state index in [0.29, 0.717) is 76.4 Å². The molecule has 2 saturated heterocycles. The molecule has 3 aliphatic heterocycles. The number of carbonyl (C=O) groups is 2. The van der Waals surface area contributed by atoms with Crippen LogP contribution in [0, 0.1) is 12.8 Å². The van der Waals surface area contributed by atoms with Crippen molar-refractivity contribution in [3.8, 4) is 5.75 Å². The Kier molecular flexibility index (Phi) is 10.8. The highest BCUT2D eigenvalue weighted by Gasteiger charge is 2.35. The van der Waals surface area contributed by atoms with Crippen LogP contribution in [0.3, 0.4) is 0 Å². The molecule has 2 aromatic heterocycles. The fourth-order valence-corrected chi connectivity index (χ4v) is 6.30. The van der Waals surface area contributed by atoms with Gasteiger partial charge in [0.25, 0.3) is 0 Å². The highest BCUT2D eigenvalue weighted by Crippen LogP contribution is 2.31. The number of aliphatic hydroxyl groups is 1. The van der Waals surface area contributed by atoms with Crippen LogP contribution in [-0.4, -0.2) is 106 Å². The van der Waals surface area contributed by atoms with Crippen LogP contribution in [0.1, 0.15) is 58.8 Å². The third kappa shape index (κ3) is 8.28. The lowest BCUT2D eigenvalue weighted by atomic mass is 9.98. The van der Waals surface area contributed by atoms with E-state index in [1.165, 1.54) is 17.5 Å². The van der Waals surface area contributed by atoms with Crippen molar-refractivity contribution in [1.82, 2.24) is 24.8 Å². The van der Waals surface area contributed by atoms with E-state index in [4.69, 9.17) is 18.9 Å². The van der Waals surface area contributed by atoms with Gasteiger partial charge >= 0.3 is 0 Å². The van der Waals surface area contributed by atoms with Gasteiger partial charge in [-0.2, -0.15) is 18.5 Å². The van der Waals surface area contributed by atoms with E-state index >= 15 is 0 Å². The van der Waals surface area contributed by atoms with Crippen LogP contribution >= 0.6 is 13.5 Å². The van der Waals surface area contributed by atoms with Crippen molar-refractivity contribution >= 4 is 37.0 Å². The van der Waals surface area contributed by atoms with Crippen LogP contribution < -0.4 is 15.0 Å². The summed E-state index contributed by atoms with van der Waals surface area (Å²) in [5.74, 6) is 2.94. The van der Waals surface area contributed by atoms with Gasteiger partial charge in [-0.15, -0.1) is 0 Å². The minimum atomic E-state index is -0.642. The SMILES string of the molecule is Cc1ncoc1COc1ccc2c(c1)CCN(C[C@@H](O)CCC(=O)c1cc(NC3COC3)nc(N3CCN(C(=O)C4CC4)CC3)n1)C2.S. The van der Waals surface area contributed by atoms with Crippen LogP contribution in [0.25, 0.3) is 0 Å². The number of ether oxygens (including phenoxy) is 2. The minimum Gasteiger partial charge on any atom is -0.486 e. The number of rotatable bonds is 13. The molecular formula is C34H45N7O6S. The molecule has 0 radical (unpaired) electrons. The normalized spacial score (nSPS) is 18.8. The smallest absolute Gasteiger partial charge is 0.228 e. The van der Waals surface area contributed by atoms with Gasteiger partial charge in [-0.1, -0.05) is 6.07 Å². The van der Waals surface area contributed by atoms with Crippen molar-refractivity contribution in [1.29, 1.82) is 0 Å². The Bertz CT molecular complexity index is 1590. The first kappa shape index (κ1) is 34.2. The van der Waals surface area contributed by atoms with Gasteiger partial charge in [0.15, 0.2) is 17.9 Å². The molecule has 258 valence electrons. The number of carbonyl (C=O) groups excluding carboxylic acids is 2. The average molecular weight is 680 g/mol. The number of hydrogen-bond donors (Lipinski definition) is 2. The minimum absolute atomic E-state index is 0. The number of nitrogens with one attached hydrogen (secondary N) is 1. The monoisotopic (exact) mass is 679 g/mol. The Morgan fingerprint density at radius 3 is 2.60 bits per heavy atom. The number of aryl methyl sites for hydroxylation is 1. The number of ketones is 1. The van der Waals surface area contributed by atoms with E-state index in [-0.39, 0.29) is 43.6 Å². The molecule has 3 fully saturated rings. The number of β-amino-alcohol motifs (C(OH)–C–C–N with tert-alkyl or cyclic N) is 1. The second kappa shape index (κ2) is 15.2. The second-order valence-electron chi connectivity index (χ2n) is 13.1. The molecule has 0 spiro atoms. The molecule has 1 aromatic carbocycles. The van der Waals surface area contributed by atoms with Crippen LogP contribution in [0.15, 0.2) is 35.1 Å². The molecule has 5 heterocycles. The summed E-state index contributed by atoms with van der Waals surface area (Å²) < 4.78 is 16.6. The first-order chi connectivity index (χ1) is 22.9. The summed E-state index contributed by atoms with van der Waals surface area (Å²) in [5.41, 5.74) is 3.62. The Morgan fingerprint density at radius 1 is 1.08 bits per heavy atom. The first-order valence-electron chi connectivity index (χ1n) is 16.7. The zero-order chi connectivity index (χ0) is 32.3. The standard InChI is InChI=1S/C34H43N7O6.H2S/c1-22-31(47-21-35-22)20-46-28-6-4-25-16-39(9-8-24(25)14-28)17-27(42)5-7-30(43)29-15-32(36-26-18-45-19-26)38-34(37-29)41-12-10-40(11-13-41)33(44)23-2-3-23;/h4,6,14-15,21,23,26-27,42H,2-3,5,7-13,16-20H2,1H3,(H,36,37,38);1H2/t27-;/m0./s1. The van der Waals surface area contributed by atoms with Gasteiger partial charge in [0, 0.05) is 64.2 Å². The highest BCUT2D eigenvalue weighted by atomic mass is 32.1. The Labute approximate surface area is 287 Å². The van der Waals surface area contributed by atoms with Crippen molar-refractivity contribution in [2.45, 2.75) is 64.3 Å². The zero-order valence-electron chi connectivity index (χ0n) is 27.4. The number of fused-ring (bicyclic) bond motifs is 1. The van der Waals surface area contributed by atoms with E-state index in [0.717, 1.165) is 49.6 Å². The maximum Gasteiger partial charge on any atom is 0.228 e. The summed E-state index contributed by atoms with van der Waals surface area (Å²) in [6.45, 7) is 7.95. The van der Waals surface area contributed by atoms with Crippen LogP contribution in [0.4, 0.5) is 11.8 Å². The number of oxazole rings is 1. The third-order valence-corrected chi connectivity index (χ3v) is 9.45. The van der Waals surface area contributed by atoms with Gasteiger partial charge in [0.05, 0.1) is 31.1 Å². The van der Waals surface area contributed by atoms with E-state index in [9.17, 15) is 14.7 Å². The van der Waals surface area contributed by atoms with Crippen molar-refractivity contribution in [2.24, 2.45) is 5.92 Å². The Balaban J connectivity index is 0.00000401. The molecule has 7 rings (SSSR count). The molecule has 4 aliphatic rings. The van der Waals surface area contributed by atoms with E-state index in [2.05, 4.69) is 32.3 Å². The Morgan fingerprint density at radius 2 is 1.90 bits per heavy atom. The number of aliphatic hydroxyl groups excluding tert-OH is 1. The maximum atomic E-state index is 13.4. The molecule has 3 aromatic rings. The summed E-state index contributed by atoms with van der Waals surface area (Å²) in [6, 6.07) is 7.98. The predicted molar refractivity (Wildman–Crippen MR) is 183 cm³/mol. The fourth-order valence-electron chi connectivity index (χ4n) is 6.30. The van der Waals surface area contributed by atoms with Crippen molar-refractivity contribution in [3.05, 3.63) is 58.9 Å². The van der Waals surface area contributed by atoms with Crippen molar-refractivity contribution in [2.75, 3.05) is 62.7 Å². The largest absolute Gasteiger partial charge is 0.486 e. The lowest BCUT2D eigenvalue weighted by molar-refractivity contribution is -0.132. The number of Topliss-reactive ketones (excluding diaryl/α,β-unsaturated/α-hetero) is 1. The molecule has 1 saturated carbocycles. The van der Waals surface area contributed by atoms with E-state index in [1.807, 2.05) is 22.8 Å². The van der Waals surface area contributed by atoms with Gasteiger partial charge < -0.3 is 34.1 Å². The fraction of sp³-hybridized carbons (Fsp3) is 0.559. The topological polar surface area (TPSA) is 146 Å². The number of anilines is 2.